The summed E-state index contributed by atoms with van der Waals surface area (Å²) in [6, 6.07) is 6.81. The first-order chi connectivity index (χ1) is 9.28. The Kier molecular flexibility index (Phi) is 5.70. The summed E-state index contributed by atoms with van der Waals surface area (Å²) in [5.41, 5.74) is 1.31. The summed E-state index contributed by atoms with van der Waals surface area (Å²) < 4.78 is 0. The smallest absolute Gasteiger partial charge is 0.251 e. The van der Waals surface area contributed by atoms with Crippen LogP contribution in [0.3, 0.4) is 0 Å². The minimum Gasteiger partial charge on any atom is -0.351 e. The molecule has 0 unspecified atom stereocenters. The standard InChI is InChI=1S/C15H23N3O2/c1-11(19)18-13-7-5-12(6-8-13)14(20)16-9-10-17-15(2,3)4/h5-8,17H,9-10H2,1-4H3,(H,16,20)(H,18,19). The van der Waals surface area contributed by atoms with Gasteiger partial charge < -0.3 is 16.0 Å². The number of nitrogens with one attached hydrogen (secondary N) is 3. The molecule has 1 aromatic carbocycles. The van der Waals surface area contributed by atoms with E-state index in [1.807, 2.05) is 0 Å². The number of carbonyl (C=O) groups is 2. The maximum absolute atomic E-state index is 11.9. The van der Waals surface area contributed by atoms with Crippen molar-refractivity contribution in [2.75, 3.05) is 18.4 Å². The molecule has 3 N–H and O–H groups in total. The Bertz CT molecular complexity index is 461. The summed E-state index contributed by atoms with van der Waals surface area (Å²) in [5.74, 6) is -0.245. The fourth-order valence-electron chi connectivity index (χ4n) is 1.62. The third-order valence-electron chi connectivity index (χ3n) is 2.53. The Hall–Kier alpha value is -1.88. The third kappa shape index (κ3) is 6.33. The molecule has 0 spiro atoms. The minimum atomic E-state index is -0.129. The predicted molar refractivity (Wildman–Crippen MR) is 80.8 cm³/mol. The van der Waals surface area contributed by atoms with Gasteiger partial charge in [0.1, 0.15) is 0 Å². The second-order valence-corrected chi connectivity index (χ2v) is 5.69. The maximum Gasteiger partial charge on any atom is 0.251 e. The zero-order valence-corrected chi connectivity index (χ0v) is 12.5. The fraction of sp³-hybridized carbons (Fsp3) is 0.467. The second-order valence-electron chi connectivity index (χ2n) is 5.69. The molecule has 0 atom stereocenters. The fourth-order valence-corrected chi connectivity index (χ4v) is 1.62. The van der Waals surface area contributed by atoms with E-state index >= 15 is 0 Å². The average Bonchev–Trinajstić information content (AvgIpc) is 2.33. The molecule has 0 bridgehead atoms. The summed E-state index contributed by atoms with van der Waals surface area (Å²) in [4.78, 5) is 22.8. The number of carbonyl (C=O) groups excluding carboxylic acids is 2. The van der Waals surface area contributed by atoms with E-state index in [9.17, 15) is 9.59 Å². The van der Waals surface area contributed by atoms with Crippen LogP contribution in [0.1, 0.15) is 38.1 Å². The van der Waals surface area contributed by atoms with E-state index < -0.39 is 0 Å². The van der Waals surface area contributed by atoms with E-state index in [4.69, 9.17) is 0 Å². The highest BCUT2D eigenvalue weighted by molar-refractivity contribution is 5.95. The van der Waals surface area contributed by atoms with E-state index in [-0.39, 0.29) is 17.4 Å². The summed E-state index contributed by atoms with van der Waals surface area (Å²) in [5, 5.41) is 8.80. The Morgan fingerprint density at radius 2 is 1.65 bits per heavy atom. The molecule has 0 saturated heterocycles. The SMILES string of the molecule is CC(=O)Nc1ccc(C(=O)NCCNC(C)(C)C)cc1. The largest absolute Gasteiger partial charge is 0.351 e. The number of rotatable bonds is 5. The number of hydrogen-bond acceptors (Lipinski definition) is 3. The van der Waals surface area contributed by atoms with Crippen LogP contribution in [0.5, 0.6) is 0 Å². The van der Waals surface area contributed by atoms with Crippen LogP contribution >= 0.6 is 0 Å². The van der Waals surface area contributed by atoms with Crippen molar-refractivity contribution in [2.45, 2.75) is 33.2 Å². The van der Waals surface area contributed by atoms with Gasteiger partial charge in [-0.2, -0.15) is 0 Å². The van der Waals surface area contributed by atoms with Gasteiger partial charge in [0, 0.05) is 36.8 Å². The molecule has 0 aliphatic carbocycles. The van der Waals surface area contributed by atoms with Crippen LogP contribution in [0.2, 0.25) is 0 Å². The van der Waals surface area contributed by atoms with Crippen LogP contribution in [-0.2, 0) is 4.79 Å². The van der Waals surface area contributed by atoms with Crippen LogP contribution in [-0.4, -0.2) is 30.4 Å². The van der Waals surface area contributed by atoms with Crippen molar-refractivity contribution in [2.24, 2.45) is 0 Å². The van der Waals surface area contributed by atoms with Gasteiger partial charge in [-0.25, -0.2) is 0 Å². The van der Waals surface area contributed by atoms with Gasteiger partial charge in [0.25, 0.3) is 5.91 Å². The molecule has 0 saturated carbocycles. The van der Waals surface area contributed by atoms with Crippen LogP contribution in [0.25, 0.3) is 0 Å². The van der Waals surface area contributed by atoms with Gasteiger partial charge in [-0.05, 0) is 45.0 Å². The molecule has 0 fully saturated rings. The molecular weight excluding hydrogens is 254 g/mol. The van der Waals surface area contributed by atoms with Crippen molar-refractivity contribution >= 4 is 17.5 Å². The first-order valence-corrected chi connectivity index (χ1v) is 6.69. The molecule has 110 valence electrons. The lowest BCUT2D eigenvalue weighted by molar-refractivity contribution is -0.114. The molecule has 5 nitrogen and oxygen atoms in total. The molecule has 5 heteroatoms. The van der Waals surface area contributed by atoms with E-state index in [1.54, 1.807) is 24.3 Å². The summed E-state index contributed by atoms with van der Waals surface area (Å²) in [6.07, 6.45) is 0. The minimum absolute atomic E-state index is 0.0464. The highest BCUT2D eigenvalue weighted by Crippen LogP contribution is 2.09. The van der Waals surface area contributed by atoms with Gasteiger partial charge in [0.2, 0.25) is 5.91 Å². The highest BCUT2D eigenvalue weighted by Gasteiger charge is 2.09. The Morgan fingerprint density at radius 3 is 2.15 bits per heavy atom. The quantitative estimate of drug-likeness (QED) is 0.718. The molecule has 1 aromatic rings. The highest BCUT2D eigenvalue weighted by atomic mass is 16.2. The third-order valence-corrected chi connectivity index (χ3v) is 2.53. The van der Waals surface area contributed by atoms with E-state index in [0.29, 0.717) is 17.8 Å². The Morgan fingerprint density at radius 1 is 1.05 bits per heavy atom. The normalized spacial score (nSPS) is 11.0. The first-order valence-electron chi connectivity index (χ1n) is 6.69. The lowest BCUT2D eigenvalue weighted by Gasteiger charge is -2.20. The molecular formula is C15H23N3O2. The van der Waals surface area contributed by atoms with Crippen molar-refractivity contribution in [1.29, 1.82) is 0 Å². The van der Waals surface area contributed by atoms with Crippen LogP contribution in [0.15, 0.2) is 24.3 Å². The molecule has 1 rings (SSSR count). The lowest BCUT2D eigenvalue weighted by atomic mass is 10.1. The Labute approximate surface area is 120 Å². The van der Waals surface area contributed by atoms with Crippen molar-refractivity contribution in [3.63, 3.8) is 0 Å². The molecule has 0 heterocycles. The molecule has 0 aliphatic rings. The van der Waals surface area contributed by atoms with Gasteiger partial charge in [-0.3, -0.25) is 9.59 Å². The average molecular weight is 277 g/mol. The monoisotopic (exact) mass is 277 g/mol. The molecule has 2 amide bonds. The summed E-state index contributed by atoms with van der Waals surface area (Å²) in [6.45, 7) is 8.98. The van der Waals surface area contributed by atoms with Crippen molar-refractivity contribution < 1.29 is 9.59 Å². The number of anilines is 1. The molecule has 0 radical (unpaired) electrons. The van der Waals surface area contributed by atoms with Crippen LogP contribution in [0, 0.1) is 0 Å². The van der Waals surface area contributed by atoms with E-state index in [0.717, 1.165) is 6.54 Å². The maximum atomic E-state index is 11.9. The molecule has 0 aliphatic heterocycles. The van der Waals surface area contributed by atoms with Crippen LogP contribution in [0.4, 0.5) is 5.69 Å². The lowest BCUT2D eigenvalue weighted by Crippen LogP contribution is -2.41. The second kappa shape index (κ2) is 7.05. The summed E-state index contributed by atoms with van der Waals surface area (Å²) >= 11 is 0. The number of benzene rings is 1. The van der Waals surface area contributed by atoms with Crippen molar-refractivity contribution in [1.82, 2.24) is 10.6 Å². The van der Waals surface area contributed by atoms with Gasteiger partial charge in [0.05, 0.1) is 0 Å². The van der Waals surface area contributed by atoms with Gasteiger partial charge in [-0.15, -0.1) is 0 Å². The van der Waals surface area contributed by atoms with Gasteiger partial charge in [0.15, 0.2) is 0 Å². The predicted octanol–water partition coefficient (Wildman–Crippen LogP) is 1.76. The molecule has 20 heavy (non-hydrogen) atoms. The van der Waals surface area contributed by atoms with Crippen LogP contribution < -0.4 is 16.0 Å². The van der Waals surface area contributed by atoms with Crippen molar-refractivity contribution in [3.05, 3.63) is 29.8 Å². The number of amides is 2. The van der Waals surface area contributed by atoms with E-state index in [1.165, 1.54) is 6.92 Å². The van der Waals surface area contributed by atoms with Gasteiger partial charge >= 0.3 is 0 Å². The topological polar surface area (TPSA) is 70.2 Å². The van der Waals surface area contributed by atoms with E-state index in [2.05, 4.69) is 36.7 Å². The first kappa shape index (κ1) is 16.2. The summed E-state index contributed by atoms with van der Waals surface area (Å²) in [7, 11) is 0. The zero-order chi connectivity index (χ0) is 15.2. The van der Waals surface area contributed by atoms with Gasteiger partial charge in [-0.1, -0.05) is 0 Å². The number of hydrogen-bond donors (Lipinski definition) is 3. The zero-order valence-electron chi connectivity index (χ0n) is 12.5. The Balaban J connectivity index is 2.42. The van der Waals surface area contributed by atoms with Crippen molar-refractivity contribution in [3.8, 4) is 0 Å². The molecule has 0 aromatic heterocycles.